The molecule has 0 aromatic carbocycles. The highest BCUT2D eigenvalue weighted by Crippen LogP contribution is 2.27. The Bertz CT molecular complexity index is 123. The van der Waals surface area contributed by atoms with E-state index < -0.39 is 12.7 Å². The highest BCUT2D eigenvalue weighted by atomic mass is 19.1. The van der Waals surface area contributed by atoms with Crippen molar-refractivity contribution in [3.05, 3.63) is 4.91 Å². The van der Waals surface area contributed by atoms with Crippen molar-refractivity contribution in [2.24, 2.45) is 11.1 Å². The molecule has 0 spiro atoms. The zero-order valence-electron chi connectivity index (χ0n) is 6.63. The molecule has 1 rings (SSSR count). The van der Waals surface area contributed by atoms with Crippen LogP contribution in [0.4, 0.5) is 4.39 Å². The quantitative estimate of drug-likeness (QED) is 0.582. The van der Waals surface area contributed by atoms with Crippen molar-refractivity contribution in [2.75, 3.05) is 6.67 Å². The standard InChI is InChI=1S/C8H14FNO/c9-6-8(10-11)7-4-2-1-3-5-7/h7-8H,1-6H2. The lowest BCUT2D eigenvalue weighted by atomic mass is 9.85. The van der Waals surface area contributed by atoms with Crippen LogP contribution in [-0.4, -0.2) is 12.7 Å². The number of hydrogen-bond acceptors (Lipinski definition) is 2. The third kappa shape index (κ3) is 2.24. The monoisotopic (exact) mass is 159 g/mol. The molecule has 0 aromatic heterocycles. The molecule has 1 saturated carbocycles. The van der Waals surface area contributed by atoms with Crippen LogP contribution in [0, 0.1) is 10.8 Å². The normalized spacial score (nSPS) is 23.0. The van der Waals surface area contributed by atoms with Crippen LogP contribution in [0.3, 0.4) is 0 Å². The summed E-state index contributed by atoms with van der Waals surface area (Å²) in [6.45, 7) is -0.575. The molecule has 1 fully saturated rings. The van der Waals surface area contributed by atoms with Crippen molar-refractivity contribution in [2.45, 2.75) is 38.1 Å². The number of rotatable bonds is 3. The summed E-state index contributed by atoms with van der Waals surface area (Å²) in [5, 5.41) is 2.81. The minimum absolute atomic E-state index is 0.228. The van der Waals surface area contributed by atoms with E-state index in [0.29, 0.717) is 0 Å². The number of alkyl halides is 1. The van der Waals surface area contributed by atoms with Crippen molar-refractivity contribution >= 4 is 0 Å². The zero-order chi connectivity index (χ0) is 8.10. The first-order valence-electron chi connectivity index (χ1n) is 4.27. The third-order valence-corrected chi connectivity index (χ3v) is 2.49. The SMILES string of the molecule is O=NC(CF)C1CCCCC1. The average Bonchev–Trinajstić information content (AvgIpc) is 2.09. The molecule has 0 N–H and O–H groups in total. The maximum Gasteiger partial charge on any atom is 0.123 e. The van der Waals surface area contributed by atoms with Crippen LogP contribution in [0.25, 0.3) is 0 Å². The van der Waals surface area contributed by atoms with E-state index in [1.54, 1.807) is 0 Å². The molecule has 0 aromatic rings. The molecule has 0 aliphatic heterocycles. The van der Waals surface area contributed by atoms with Crippen LogP contribution in [-0.2, 0) is 0 Å². The Morgan fingerprint density at radius 2 is 2.00 bits per heavy atom. The first-order valence-corrected chi connectivity index (χ1v) is 4.27. The van der Waals surface area contributed by atoms with Crippen molar-refractivity contribution in [3.8, 4) is 0 Å². The summed E-state index contributed by atoms with van der Waals surface area (Å²) in [5.74, 6) is 0.228. The van der Waals surface area contributed by atoms with Crippen LogP contribution in [0.15, 0.2) is 5.18 Å². The van der Waals surface area contributed by atoms with Crippen molar-refractivity contribution in [3.63, 3.8) is 0 Å². The van der Waals surface area contributed by atoms with Crippen molar-refractivity contribution in [1.29, 1.82) is 0 Å². The summed E-state index contributed by atoms with van der Waals surface area (Å²) in [5.41, 5.74) is 0. The van der Waals surface area contributed by atoms with Gasteiger partial charge in [-0.3, -0.25) is 0 Å². The first-order chi connectivity index (χ1) is 5.38. The highest BCUT2D eigenvalue weighted by Gasteiger charge is 2.23. The van der Waals surface area contributed by atoms with Crippen LogP contribution in [0.1, 0.15) is 32.1 Å². The van der Waals surface area contributed by atoms with Gasteiger partial charge in [-0.25, -0.2) is 4.39 Å². The molecule has 0 amide bonds. The molecule has 1 atom stereocenters. The fraction of sp³-hybridized carbons (Fsp3) is 1.00. The van der Waals surface area contributed by atoms with Crippen LogP contribution >= 0.6 is 0 Å². The molecule has 11 heavy (non-hydrogen) atoms. The lowest BCUT2D eigenvalue weighted by molar-refractivity contribution is 0.265. The van der Waals surface area contributed by atoms with Crippen molar-refractivity contribution < 1.29 is 4.39 Å². The molecule has 3 heteroatoms. The second-order valence-corrected chi connectivity index (χ2v) is 3.23. The fourth-order valence-corrected chi connectivity index (χ4v) is 1.76. The molecule has 0 bridgehead atoms. The van der Waals surface area contributed by atoms with E-state index in [1.807, 2.05) is 0 Å². The maximum atomic E-state index is 12.1. The summed E-state index contributed by atoms with van der Waals surface area (Å²) in [7, 11) is 0. The molecule has 64 valence electrons. The van der Waals surface area contributed by atoms with Crippen LogP contribution < -0.4 is 0 Å². The van der Waals surface area contributed by atoms with Gasteiger partial charge in [0.15, 0.2) is 0 Å². The maximum absolute atomic E-state index is 12.1. The van der Waals surface area contributed by atoms with Crippen LogP contribution in [0.5, 0.6) is 0 Å². The number of nitrogens with zero attached hydrogens (tertiary/aromatic N) is 1. The molecule has 1 aliphatic rings. The Labute approximate surface area is 66.1 Å². The van der Waals surface area contributed by atoms with Gasteiger partial charge in [-0.1, -0.05) is 24.4 Å². The molecule has 0 heterocycles. The van der Waals surface area contributed by atoms with E-state index in [1.165, 1.54) is 6.42 Å². The van der Waals surface area contributed by atoms with Crippen LogP contribution in [0.2, 0.25) is 0 Å². The predicted molar refractivity (Wildman–Crippen MR) is 42.1 cm³/mol. The topological polar surface area (TPSA) is 29.4 Å². The summed E-state index contributed by atoms with van der Waals surface area (Å²) in [6.07, 6.45) is 5.47. The van der Waals surface area contributed by atoms with E-state index in [2.05, 4.69) is 5.18 Å². The molecule has 2 nitrogen and oxygen atoms in total. The molecule has 1 aliphatic carbocycles. The summed E-state index contributed by atoms with van der Waals surface area (Å²) < 4.78 is 12.1. The third-order valence-electron chi connectivity index (χ3n) is 2.49. The van der Waals surface area contributed by atoms with E-state index in [0.717, 1.165) is 25.7 Å². The van der Waals surface area contributed by atoms with Gasteiger partial charge in [-0.2, -0.15) is 4.91 Å². The van der Waals surface area contributed by atoms with Crippen molar-refractivity contribution in [1.82, 2.24) is 0 Å². The van der Waals surface area contributed by atoms with Gasteiger partial charge in [-0.05, 0) is 18.8 Å². The van der Waals surface area contributed by atoms with Gasteiger partial charge in [0, 0.05) is 0 Å². The molecular weight excluding hydrogens is 145 g/mol. The summed E-state index contributed by atoms with van der Waals surface area (Å²) in [6, 6.07) is -0.560. The Balaban J connectivity index is 2.35. The minimum Gasteiger partial charge on any atom is -0.249 e. The second kappa shape index (κ2) is 4.42. The van der Waals surface area contributed by atoms with Gasteiger partial charge < -0.3 is 0 Å². The van der Waals surface area contributed by atoms with Gasteiger partial charge in [0.2, 0.25) is 0 Å². The van der Waals surface area contributed by atoms with Gasteiger partial charge in [0.05, 0.1) is 0 Å². The Morgan fingerprint density at radius 3 is 2.45 bits per heavy atom. The molecule has 0 saturated heterocycles. The van der Waals surface area contributed by atoms with Gasteiger partial charge in [-0.15, -0.1) is 0 Å². The Hall–Kier alpha value is -0.470. The smallest absolute Gasteiger partial charge is 0.123 e. The van der Waals surface area contributed by atoms with E-state index in [9.17, 15) is 9.30 Å². The zero-order valence-corrected chi connectivity index (χ0v) is 6.63. The fourth-order valence-electron chi connectivity index (χ4n) is 1.76. The lowest BCUT2D eigenvalue weighted by Crippen LogP contribution is -2.22. The van der Waals surface area contributed by atoms with Gasteiger partial charge in [0.25, 0.3) is 0 Å². The second-order valence-electron chi connectivity index (χ2n) is 3.23. The number of nitroso groups, excluding NO2 is 1. The predicted octanol–water partition coefficient (Wildman–Crippen LogP) is 2.67. The molecule has 1 unspecified atom stereocenters. The van der Waals surface area contributed by atoms with E-state index in [-0.39, 0.29) is 5.92 Å². The largest absolute Gasteiger partial charge is 0.249 e. The Morgan fingerprint density at radius 1 is 1.36 bits per heavy atom. The van der Waals surface area contributed by atoms with Gasteiger partial charge in [0.1, 0.15) is 12.7 Å². The molecule has 0 radical (unpaired) electrons. The Kier molecular flexibility index (Phi) is 3.46. The average molecular weight is 159 g/mol. The lowest BCUT2D eigenvalue weighted by Gasteiger charge is -2.23. The van der Waals surface area contributed by atoms with E-state index >= 15 is 0 Å². The summed E-state index contributed by atoms with van der Waals surface area (Å²) >= 11 is 0. The first kappa shape index (κ1) is 8.62. The summed E-state index contributed by atoms with van der Waals surface area (Å²) in [4.78, 5) is 10.1. The van der Waals surface area contributed by atoms with Gasteiger partial charge >= 0.3 is 0 Å². The van der Waals surface area contributed by atoms with E-state index in [4.69, 9.17) is 0 Å². The minimum atomic E-state index is -0.575. The number of hydrogen-bond donors (Lipinski definition) is 0. The number of halogens is 1. The molecular formula is C8H14FNO. The highest BCUT2D eigenvalue weighted by molar-refractivity contribution is 4.78.